The Morgan fingerprint density at radius 3 is 2.50 bits per heavy atom. The Kier molecular flexibility index (Phi) is 3.20. The van der Waals surface area contributed by atoms with Gasteiger partial charge < -0.3 is 5.32 Å². The number of hydrogen-bond acceptors (Lipinski definition) is 3. The summed E-state index contributed by atoms with van der Waals surface area (Å²) < 4.78 is 2.46. The van der Waals surface area contributed by atoms with Crippen molar-refractivity contribution in [2.24, 2.45) is 0 Å². The Balaban J connectivity index is 1.88. The van der Waals surface area contributed by atoms with Crippen molar-refractivity contribution in [3.05, 3.63) is 0 Å². The SMILES string of the molecule is ISN1CCC2(CCCN2)CC1. The zero-order chi connectivity index (χ0) is 8.44. The maximum Gasteiger partial charge on any atom is 0.0207 e. The Hall–Kier alpha value is 1.00. The highest BCUT2D eigenvalue weighted by molar-refractivity contribution is 14.2. The molecule has 12 heavy (non-hydrogen) atoms. The van der Waals surface area contributed by atoms with Gasteiger partial charge in [0.2, 0.25) is 0 Å². The molecule has 1 spiro atoms. The third kappa shape index (κ3) is 1.91. The Labute approximate surface area is 90.6 Å². The van der Waals surface area contributed by atoms with E-state index in [-0.39, 0.29) is 0 Å². The fraction of sp³-hybridized carbons (Fsp3) is 1.00. The lowest BCUT2D eigenvalue weighted by atomic mass is 9.87. The summed E-state index contributed by atoms with van der Waals surface area (Å²) in [6.07, 6.45) is 5.50. The summed E-state index contributed by atoms with van der Waals surface area (Å²) in [5.41, 5.74) is 0.545. The standard InChI is InChI=1S/C8H15IN2S/c9-12-11-6-3-8(4-7-11)2-1-5-10-8/h10H,1-7H2. The van der Waals surface area contributed by atoms with Gasteiger partial charge in [-0.1, -0.05) is 0 Å². The fourth-order valence-electron chi connectivity index (χ4n) is 2.28. The van der Waals surface area contributed by atoms with E-state index in [1.807, 2.05) is 9.12 Å². The predicted molar refractivity (Wildman–Crippen MR) is 62.4 cm³/mol. The third-order valence-electron chi connectivity index (χ3n) is 3.11. The molecule has 0 bridgehead atoms. The molecular formula is C8H15IN2S. The minimum atomic E-state index is 0.545. The van der Waals surface area contributed by atoms with Crippen LogP contribution in [0.1, 0.15) is 25.7 Å². The zero-order valence-electron chi connectivity index (χ0n) is 7.18. The van der Waals surface area contributed by atoms with Crippen LogP contribution >= 0.6 is 30.3 Å². The van der Waals surface area contributed by atoms with Crippen molar-refractivity contribution >= 4 is 30.3 Å². The summed E-state index contributed by atoms with van der Waals surface area (Å²) in [4.78, 5) is 0. The van der Waals surface area contributed by atoms with Crippen LogP contribution in [0.5, 0.6) is 0 Å². The first kappa shape index (κ1) is 9.55. The first-order chi connectivity index (χ1) is 5.85. The summed E-state index contributed by atoms with van der Waals surface area (Å²) >= 11 is 2.38. The van der Waals surface area contributed by atoms with Gasteiger partial charge in [-0.15, -0.1) is 0 Å². The van der Waals surface area contributed by atoms with Crippen LogP contribution in [0.4, 0.5) is 0 Å². The Morgan fingerprint density at radius 2 is 2.00 bits per heavy atom. The Morgan fingerprint density at radius 1 is 1.25 bits per heavy atom. The van der Waals surface area contributed by atoms with E-state index in [9.17, 15) is 0 Å². The first-order valence-corrected chi connectivity index (χ1v) is 7.95. The molecule has 0 unspecified atom stereocenters. The zero-order valence-corrected chi connectivity index (χ0v) is 10.2. The highest BCUT2D eigenvalue weighted by atomic mass is 127. The van der Waals surface area contributed by atoms with Gasteiger partial charge in [-0.25, -0.2) is 4.31 Å². The van der Waals surface area contributed by atoms with Gasteiger partial charge >= 0.3 is 0 Å². The fourth-order valence-corrected chi connectivity index (χ4v) is 3.78. The normalized spacial score (nSPS) is 29.8. The number of nitrogens with zero attached hydrogens (tertiary/aromatic N) is 1. The van der Waals surface area contributed by atoms with Gasteiger partial charge in [-0.3, -0.25) is 0 Å². The number of rotatable bonds is 1. The molecule has 0 atom stereocenters. The van der Waals surface area contributed by atoms with Crippen LogP contribution in [0.3, 0.4) is 0 Å². The van der Waals surface area contributed by atoms with Gasteiger partial charge in [0, 0.05) is 39.8 Å². The van der Waals surface area contributed by atoms with Gasteiger partial charge in [0.1, 0.15) is 0 Å². The van der Waals surface area contributed by atoms with Crippen LogP contribution in [0.25, 0.3) is 0 Å². The van der Waals surface area contributed by atoms with Crippen molar-refractivity contribution in [1.82, 2.24) is 9.62 Å². The van der Waals surface area contributed by atoms with Crippen molar-refractivity contribution in [2.75, 3.05) is 19.6 Å². The summed E-state index contributed by atoms with van der Waals surface area (Å²) in [6.45, 7) is 3.78. The van der Waals surface area contributed by atoms with E-state index in [0.29, 0.717) is 5.54 Å². The molecule has 0 saturated carbocycles. The van der Waals surface area contributed by atoms with Crippen LogP contribution in [-0.2, 0) is 0 Å². The lowest BCUT2D eigenvalue weighted by molar-refractivity contribution is 0.225. The molecular weight excluding hydrogens is 283 g/mol. The van der Waals surface area contributed by atoms with E-state index in [2.05, 4.69) is 30.8 Å². The van der Waals surface area contributed by atoms with Crippen LogP contribution < -0.4 is 5.32 Å². The summed E-state index contributed by atoms with van der Waals surface area (Å²) in [5, 5.41) is 3.68. The molecule has 0 radical (unpaired) electrons. The molecule has 2 fully saturated rings. The second-order valence-electron chi connectivity index (χ2n) is 3.81. The van der Waals surface area contributed by atoms with Gasteiger partial charge in [0.15, 0.2) is 0 Å². The van der Waals surface area contributed by atoms with Crippen molar-refractivity contribution in [3.8, 4) is 0 Å². The van der Waals surface area contributed by atoms with Crippen LogP contribution in [0.2, 0.25) is 0 Å². The van der Waals surface area contributed by atoms with Gasteiger partial charge in [-0.05, 0) is 41.3 Å². The van der Waals surface area contributed by atoms with Crippen LogP contribution in [-0.4, -0.2) is 29.5 Å². The lowest BCUT2D eigenvalue weighted by Crippen LogP contribution is -2.48. The molecule has 0 aromatic heterocycles. The molecule has 70 valence electrons. The van der Waals surface area contributed by atoms with Crippen LogP contribution in [0, 0.1) is 0 Å². The molecule has 4 heteroatoms. The minimum absolute atomic E-state index is 0.545. The van der Waals surface area contributed by atoms with Gasteiger partial charge in [-0.2, -0.15) is 0 Å². The minimum Gasteiger partial charge on any atom is -0.311 e. The maximum absolute atomic E-state index is 3.68. The van der Waals surface area contributed by atoms with E-state index < -0.39 is 0 Å². The monoisotopic (exact) mass is 298 g/mol. The summed E-state index contributed by atoms with van der Waals surface area (Å²) in [7, 11) is 1.86. The molecule has 0 aromatic rings. The van der Waals surface area contributed by atoms with E-state index in [0.717, 1.165) is 0 Å². The second kappa shape index (κ2) is 4.02. The van der Waals surface area contributed by atoms with E-state index in [1.165, 1.54) is 45.3 Å². The summed E-state index contributed by atoms with van der Waals surface area (Å²) in [5.74, 6) is 0. The summed E-state index contributed by atoms with van der Waals surface area (Å²) in [6, 6.07) is 0. The first-order valence-electron chi connectivity index (χ1n) is 4.63. The number of nitrogens with one attached hydrogen (secondary N) is 1. The largest absolute Gasteiger partial charge is 0.311 e. The molecule has 0 aliphatic carbocycles. The number of piperidine rings is 1. The molecule has 1 N–H and O–H groups in total. The average Bonchev–Trinajstić information content (AvgIpc) is 2.55. The second-order valence-corrected chi connectivity index (χ2v) is 5.64. The molecule has 2 rings (SSSR count). The molecule has 2 aliphatic rings. The van der Waals surface area contributed by atoms with Crippen LogP contribution in [0.15, 0.2) is 0 Å². The highest BCUT2D eigenvalue weighted by Gasteiger charge is 2.36. The molecule has 0 aromatic carbocycles. The van der Waals surface area contributed by atoms with Crippen molar-refractivity contribution in [2.45, 2.75) is 31.2 Å². The average molecular weight is 298 g/mol. The van der Waals surface area contributed by atoms with Crippen molar-refractivity contribution in [1.29, 1.82) is 0 Å². The third-order valence-corrected chi connectivity index (χ3v) is 5.34. The smallest absolute Gasteiger partial charge is 0.0207 e. The van der Waals surface area contributed by atoms with Crippen molar-refractivity contribution < 1.29 is 0 Å². The number of halogens is 1. The van der Waals surface area contributed by atoms with Crippen molar-refractivity contribution in [3.63, 3.8) is 0 Å². The lowest BCUT2D eigenvalue weighted by Gasteiger charge is -2.38. The molecule has 0 amide bonds. The van der Waals surface area contributed by atoms with E-state index in [4.69, 9.17) is 0 Å². The Bertz CT molecular complexity index is 149. The molecule has 2 saturated heterocycles. The quantitative estimate of drug-likeness (QED) is 0.590. The van der Waals surface area contributed by atoms with Gasteiger partial charge in [0.25, 0.3) is 0 Å². The van der Waals surface area contributed by atoms with E-state index in [1.54, 1.807) is 0 Å². The molecule has 2 nitrogen and oxygen atoms in total. The van der Waals surface area contributed by atoms with Gasteiger partial charge in [0.05, 0.1) is 0 Å². The maximum atomic E-state index is 3.68. The number of hydrogen-bond donors (Lipinski definition) is 1. The molecule has 2 heterocycles. The topological polar surface area (TPSA) is 15.3 Å². The predicted octanol–water partition coefficient (Wildman–Crippen LogP) is 2.20. The molecule has 2 aliphatic heterocycles. The van der Waals surface area contributed by atoms with E-state index >= 15 is 0 Å². The highest BCUT2D eigenvalue weighted by Crippen LogP contribution is 2.34.